The summed E-state index contributed by atoms with van der Waals surface area (Å²) >= 11 is 0. The van der Waals surface area contributed by atoms with E-state index < -0.39 is 23.3 Å². The monoisotopic (exact) mass is 352 g/mol. The van der Waals surface area contributed by atoms with Gasteiger partial charge in [0.25, 0.3) is 0 Å². The van der Waals surface area contributed by atoms with Gasteiger partial charge in [0.2, 0.25) is 5.60 Å². The number of carbonyl (C=O) groups excluding carboxylic acids is 1. The van der Waals surface area contributed by atoms with Crippen molar-refractivity contribution in [2.45, 2.75) is 18.2 Å². The van der Waals surface area contributed by atoms with Crippen LogP contribution in [0.4, 0.5) is 13.2 Å². The molecule has 0 amide bonds. The molecular weight excluding hydrogens is 337 g/mol. The Morgan fingerprint density at radius 1 is 1.28 bits per heavy atom. The van der Waals surface area contributed by atoms with Crippen LogP contribution in [-0.2, 0) is 34.8 Å². The van der Waals surface area contributed by atoms with Gasteiger partial charge in [0.05, 0.1) is 24.8 Å². The number of ether oxygens (including phenoxy) is 1. The number of hydrogen-bond acceptors (Lipinski definition) is 4. The summed E-state index contributed by atoms with van der Waals surface area (Å²) < 4.78 is 44.7. The third-order valence-corrected chi connectivity index (χ3v) is 3.92. The Balaban J connectivity index is 2.52. The van der Waals surface area contributed by atoms with E-state index in [9.17, 15) is 28.3 Å². The van der Waals surface area contributed by atoms with Crippen LogP contribution < -0.4 is 0 Å². The smallest absolute Gasteiger partial charge is 0.416 e. The zero-order valence-corrected chi connectivity index (χ0v) is 13.5. The Labute approximate surface area is 141 Å². The molecule has 0 aliphatic rings. The molecule has 1 aromatic heterocycles. The summed E-state index contributed by atoms with van der Waals surface area (Å²) in [5, 5.41) is 20.2. The number of aromatic nitrogens is 1. The summed E-state index contributed by atoms with van der Waals surface area (Å²) in [6.07, 6.45) is -4.70. The average Bonchev–Trinajstić information content (AvgIpc) is 2.94. The molecule has 1 atom stereocenters. The number of aliphatic hydroxyl groups is 1. The first kappa shape index (κ1) is 18.5. The van der Waals surface area contributed by atoms with Crippen molar-refractivity contribution in [1.82, 2.24) is 4.57 Å². The molecule has 1 unspecified atom stereocenters. The van der Waals surface area contributed by atoms with E-state index in [1.54, 1.807) is 6.07 Å². The number of methoxy groups -OCH3 is 1. The van der Waals surface area contributed by atoms with Crippen molar-refractivity contribution in [1.29, 1.82) is 5.26 Å². The average molecular weight is 352 g/mol. The van der Waals surface area contributed by atoms with E-state index >= 15 is 0 Å². The second kappa shape index (κ2) is 6.61. The van der Waals surface area contributed by atoms with Crippen LogP contribution >= 0.6 is 0 Å². The standard InChI is InChI=1S/C17H15F3N2O3/c1-22-13(9-15(23)25-2)6-7-14(22)16(24,10-21)11-4-3-5-12(8-11)17(18,19)20/h3-8,24H,9H2,1-2H3. The van der Waals surface area contributed by atoms with Crippen LogP contribution in [0.1, 0.15) is 22.5 Å². The van der Waals surface area contributed by atoms with Gasteiger partial charge in [-0.05, 0) is 24.3 Å². The maximum atomic E-state index is 12.9. The largest absolute Gasteiger partial charge is 0.469 e. The predicted molar refractivity (Wildman–Crippen MR) is 81.2 cm³/mol. The lowest BCUT2D eigenvalue weighted by Crippen LogP contribution is -2.29. The summed E-state index contributed by atoms with van der Waals surface area (Å²) in [4.78, 5) is 11.4. The molecule has 0 aliphatic carbocycles. The molecule has 1 N–H and O–H groups in total. The molecular formula is C17H15F3N2O3. The molecule has 1 aromatic carbocycles. The van der Waals surface area contributed by atoms with Crippen molar-refractivity contribution >= 4 is 5.97 Å². The van der Waals surface area contributed by atoms with Crippen molar-refractivity contribution < 1.29 is 27.8 Å². The maximum absolute atomic E-state index is 12.9. The number of esters is 1. The molecule has 0 aliphatic heterocycles. The van der Waals surface area contributed by atoms with Crippen molar-refractivity contribution in [3.05, 3.63) is 58.9 Å². The van der Waals surface area contributed by atoms with Crippen molar-refractivity contribution in [2.24, 2.45) is 7.05 Å². The fraction of sp³-hybridized carbons (Fsp3) is 0.294. The molecule has 2 aromatic rings. The minimum Gasteiger partial charge on any atom is -0.469 e. The SMILES string of the molecule is COC(=O)Cc1ccc(C(O)(C#N)c2cccc(C(F)(F)F)c2)n1C. The molecule has 25 heavy (non-hydrogen) atoms. The van der Waals surface area contributed by atoms with Crippen LogP contribution in [-0.4, -0.2) is 22.8 Å². The Hall–Kier alpha value is -2.79. The summed E-state index contributed by atoms with van der Waals surface area (Å²) in [6, 6.07) is 8.51. The van der Waals surface area contributed by atoms with E-state index in [4.69, 9.17) is 0 Å². The van der Waals surface area contributed by atoms with Crippen molar-refractivity contribution in [3.8, 4) is 6.07 Å². The highest BCUT2D eigenvalue weighted by molar-refractivity contribution is 5.72. The molecule has 132 valence electrons. The first-order chi connectivity index (χ1) is 11.6. The van der Waals surface area contributed by atoms with E-state index in [0.717, 1.165) is 18.2 Å². The molecule has 0 radical (unpaired) electrons. The van der Waals surface area contributed by atoms with Crippen LogP contribution in [0, 0.1) is 11.3 Å². The number of benzene rings is 1. The molecule has 0 spiro atoms. The van der Waals surface area contributed by atoms with Crippen LogP contribution in [0.5, 0.6) is 0 Å². The van der Waals surface area contributed by atoms with Crippen LogP contribution in [0.3, 0.4) is 0 Å². The second-order valence-corrected chi connectivity index (χ2v) is 5.42. The Morgan fingerprint density at radius 2 is 1.92 bits per heavy atom. The van der Waals surface area contributed by atoms with Crippen molar-refractivity contribution in [3.63, 3.8) is 0 Å². The number of nitrogens with zero attached hydrogens (tertiary/aromatic N) is 2. The number of nitriles is 1. The van der Waals surface area contributed by atoms with Gasteiger partial charge in [0, 0.05) is 18.3 Å². The Bertz CT molecular complexity index is 836. The molecule has 0 saturated heterocycles. The van der Waals surface area contributed by atoms with Gasteiger partial charge in [-0.1, -0.05) is 12.1 Å². The highest BCUT2D eigenvalue weighted by Gasteiger charge is 2.38. The van der Waals surface area contributed by atoms with E-state index in [0.29, 0.717) is 5.69 Å². The maximum Gasteiger partial charge on any atom is 0.416 e. The van der Waals surface area contributed by atoms with Crippen LogP contribution in [0.15, 0.2) is 36.4 Å². The van der Waals surface area contributed by atoms with E-state index in [-0.39, 0.29) is 17.7 Å². The molecule has 0 fully saturated rings. The Morgan fingerprint density at radius 3 is 2.48 bits per heavy atom. The van der Waals surface area contributed by atoms with E-state index in [2.05, 4.69) is 4.74 Å². The zero-order valence-electron chi connectivity index (χ0n) is 13.5. The first-order valence-electron chi connectivity index (χ1n) is 7.16. The van der Waals surface area contributed by atoms with E-state index in [1.807, 2.05) is 0 Å². The van der Waals surface area contributed by atoms with Gasteiger partial charge in [0.1, 0.15) is 6.07 Å². The van der Waals surface area contributed by atoms with Crippen molar-refractivity contribution in [2.75, 3.05) is 7.11 Å². The normalized spacial score (nSPS) is 13.8. The zero-order chi connectivity index (χ0) is 18.8. The number of rotatable bonds is 4. The molecule has 8 heteroatoms. The predicted octanol–water partition coefficient (Wildman–Crippen LogP) is 2.52. The summed E-state index contributed by atoms with van der Waals surface area (Å²) in [6.45, 7) is 0. The fourth-order valence-corrected chi connectivity index (χ4v) is 2.50. The van der Waals surface area contributed by atoms with Gasteiger partial charge >= 0.3 is 12.1 Å². The van der Waals surface area contributed by atoms with Gasteiger partial charge < -0.3 is 14.4 Å². The highest BCUT2D eigenvalue weighted by Crippen LogP contribution is 2.35. The molecule has 0 saturated carbocycles. The number of alkyl halides is 3. The topological polar surface area (TPSA) is 75.2 Å². The minimum absolute atomic E-state index is 0.0493. The van der Waals surface area contributed by atoms with E-state index in [1.165, 1.54) is 36.9 Å². The summed E-state index contributed by atoms with van der Waals surface area (Å²) in [5.41, 5.74) is -2.99. The lowest BCUT2D eigenvalue weighted by molar-refractivity contribution is -0.140. The molecule has 1 heterocycles. The third kappa shape index (κ3) is 3.51. The first-order valence-corrected chi connectivity index (χ1v) is 7.16. The molecule has 5 nitrogen and oxygen atoms in total. The van der Waals surface area contributed by atoms with Crippen LogP contribution in [0.2, 0.25) is 0 Å². The number of carbonyl (C=O) groups is 1. The second-order valence-electron chi connectivity index (χ2n) is 5.42. The van der Waals surface area contributed by atoms with Crippen LogP contribution in [0.25, 0.3) is 0 Å². The van der Waals surface area contributed by atoms with Gasteiger partial charge in [-0.3, -0.25) is 4.79 Å². The number of hydrogen-bond donors (Lipinski definition) is 1. The molecule has 2 rings (SSSR count). The minimum atomic E-state index is -4.60. The Kier molecular flexibility index (Phi) is 4.90. The summed E-state index contributed by atoms with van der Waals surface area (Å²) in [7, 11) is 2.73. The van der Waals surface area contributed by atoms with Gasteiger partial charge in [-0.15, -0.1) is 0 Å². The van der Waals surface area contributed by atoms with Gasteiger partial charge in [-0.2, -0.15) is 18.4 Å². The quantitative estimate of drug-likeness (QED) is 0.678. The number of halogens is 3. The lowest BCUT2D eigenvalue weighted by atomic mass is 9.90. The fourth-order valence-electron chi connectivity index (χ4n) is 2.50. The van der Waals surface area contributed by atoms with Gasteiger partial charge in [-0.25, -0.2) is 0 Å². The third-order valence-electron chi connectivity index (χ3n) is 3.92. The highest BCUT2D eigenvalue weighted by atomic mass is 19.4. The molecule has 0 bridgehead atoms. The lowest BCUT2D eigenvalue weighted by Gasteiger charge is -2.23. The van der Waals surface area contributed by atoms with Gasteiger partial charge in [0.15, 0.2) is 0 Å². The summed E-state index contributed by atoms with van der Waals surface area (Å²) in [5.74, 6) is -0.521.